The van der Waals surface area contributed by atoms with Gasteiger partial charge in [0.25, 0.3) is 0 Å². The molecule has 2 aromatic rings. The number of urea groups is 1. The number of nitrogens with two attached hydrogens (primary N) is 1. The van der Waals surface area contributed by atoms with E-state index in [0.29, 0.717) is 17.6 Å². The van der Waals surface area contributed by atoms with Gasteiger partial charge in [0.15, 0.2) is 17.7 Å². The lowest BCUT2D eigenvalue weighted by Gasteiger charge is -2.16. The van der Waals surface area contributed by atoms with Crippen LogP contribution in [0.2, 0.25) is 0 Å². The quantitative estimate of drug-likeness (QED) is 0.121. The van der Waals surface area contributed by atoms with Crippen molar-refractivity contribution in [1.82, 2.24) is 39.8 Å². The number of anilines is 1. The highest BCUT2D eigenvalue weighted by Crippen LogP contribution is 2.34. The summed E-state index contributed by atoms with van der Waals surface area (Å²) >= 11 is 1.78. The van der Waals surface area contributed by atoms with Crippen LogP contribution in [-0.2, 0) is 19.6 Å². The maximum absolute atomic E-state index is 12.5. The monoisotopic (exact) mass is 671 g/mol. The summed E-state index contributed by atoms with van der Waals surface area (Å²) < 4.78 is 34.2. The van der Waals surface area contributed by atoms with Crippen molar-refractivity contribution in [3.8, 4) is 0 Å². The van der Waals surface area contributed by atoms with Crippen LogP contribution in [0.3, 0.4) is 0 Å². The van der Waals surface area contributed by atoms with Crippen LogP contribution in [0.25, 0.3) is 11.2 Å². The lowest BCUT2D eigenvalue weighted by atomic mass is 10.0. The SMILES string of the molecule is CCN(CC)CC.Nc1ncnc2c1ncn2[C@@H]1OC(CCS(=O)(=O)NC(=O)CCCCC2SCC3NC(=O)NC32)[C@@H](O)[C@H]1O. The van der Waals surface area contributed by atoms with E-state index in [1.54, 1.807) is 11.8 Å². The van der Waals surface area contributed by atoms with E-state index in [0.717, 1.165) is 18.6 Å². The number of amides is 3. The van der Waals surface area contributed by atoms with Crippen molar-refractivity contribution in [2.24, 2.45) is 0 Å². The van der Waals surface area contributed by atoms with Gasteiger partial charge in [-0.15, -0.1) is 0 Å². The smallest absolute Gasteiger partial charge is 0.315 e. The molecule has 18 heteroatoms. The molecule has 3 saturated heterocycles. The van der Waals surface area contributed by atoms with Gasteiger partial charge in [-0.25, -0.2) is 28.2 Å². The number of nitrogens with one attached hydrogen (secondary N) is 3. The highest BCUT2D eigenvalue weighted by molar-refractivity contribution is 8.00. The predicted molar refractivity (Wildman–Crippen MR) is 170 cm³/mol. The summed E-state index contributed by atoms with van der Waals surface area (Å²) in [6.45, 7) is 10.1. The van der Waals surface area contributed by atoms with Gasteiger partial charge < -0.3 is 36.2 Å². The number of aromatic nitrogens is 4. The molecule has 0 aliphatic carbocycles. The van der Waals surface area contributed by atoms with E-state index in [-0.39, 0.29) is 42.0 Å². The molecular formula is C27H45N9O7S2. The maximum atomic E-state index is 12.5. The fourth-order valence-corrected chi connectivity index (χ4v) is 8.38. The molecule has 3 fully saturated rings. The normalized spacial score (nSPS) is 27.6. The molecule has 0 radical (unpaired) electrons. The number of carbonyl (C=O) groups is 2. The topological polar surface area (TPSA) is 227 Å². The molecule has 45 heavy (non-hydrogen) atoms. The van der Waals surface area contributed by atoms with E-state index < -0.39 is 46.2 Å². The molecule has 5 rings (SSSR count). The van der Waals surface area contributed by atoms with Gasteiger partial charge in [0.05, 0.1) is 30.3 Å². The molecule has 7 N–H and O–H groups in total. The first-order chi connectivity index (χ1) is 21.5. The third-order valence-corrected chi connectivity index (χ3v) is 11.2. The molecule has 7 atom stereocenters. The first kappa shape index (κ1) is 35.1. The zero-order valence-corrected chi connectivity index (χ0v) is 27.5. The Labute approximate surface area is 267 Å². The Morgan fingerprint density at radius 1 is 1.13 bits per heavy atom. The number of thioether (sulfide) groups is 1. The molecule has 3 aliphatic heterocycles. The number of nitrogens with zero attached hydrogens (tertiary/aromatic N) is 5. The molecule has 4 unspecified atom stereocenters. The zero-order valence-electron chi connectivity index (χ0n) is 25.8. The van der Waals surface area contributed by atoms with Gasteiger partial charge in [-0.1, -0.05) is 27.2 Å². The third kappa shape index (κ3) is 8.74. The van der Waals surface area contributed by atoms with Crippen molar-refractivity contribution in [2.75, 3.05) is 36.9 Å². The summed E-state index contributed by atoms with van der Waals surface area (Å²) in [5.41, 5.74) is 6.39. The average Bonchev–Trinajstić information content (AvgIpc) is 3.76. The van der Waals surface area contributed by atoms with Crippen LogP contribution in [-0.4, -0.2) is 122 Å². The number of aliphatic hydroxyl groups excluding tert-OH is 2. The predicted octanol–water partition coefficient (Wildman–Crippen LogP) is -0.0623. The van der Waals surface area contributed by atoms with Crippen molar-refractivity contribution in [2.45, 2.75) is 94.7 Å². The Bertz CT molecular complexity index is 1400. The molecule has 0 aromatic carbocycles. The van der Waals surface area contributed by atoms with E-state index in [4.69, 9.17) is 10.5 Å². The zero-order chi connectivity index (χ0) is 32.7. The molecule has 16 nitrogen and oxygen atoms in total. The number of hydrogen-bond donors (Lipinski definition) is 6. The van der Waals surface area contributed by atoms with Crippen molar-refractivity contribution in [3.63, 3.8) is 0 Å². The van der Waals surface area contributed by atoms with Gasteiger partial charge in [-0.2, -0.15) is 11.8 Å². The maximum Gasteiger partial charge on any atom is 0.315 e. The number of rotatable bonds is 13. The summed E-state index contributed by atoms with van der Waals surface area (Å²) in [7, 11) is -3.98. The Kier molecular flexibility index (Phi) is 12.2. The van der Waals surface area contributed by atoms with Gasteiger partial charge in [0, 0.05) is 17.4 Å². The number of sulfonamides is 1. The Morgan fingerprint density at radius 3 is 2.56 bits per heavy atom. The minimum Gasteiger partial charge on any atom is -0.388 e. The van der Waals surface area contributed by atoms with Gasteiger partial charge in [0.2, 0.25) is 15.9 Å². The number of nitrogen functional groups attached to an aromatic ring is 1. The summed E-state index contributed by atoms with van der Waals surface area (Å²) in [6.07, 6.45) is -0.255. The molecule has 0 spiro atoms. The molecule has 0 bridgehead atoms. The van der Waals surface area contributed by atoms with Crippen molar-refractivity contribution >= 4 is 50.7 Å². The fraction of sp³-hybridized carbons (Fsp3) is 0.741. The lowest BCUT2D eigenvalue weighted by Crippen LogP contribution is -2.37. The molecule has 2 aromatic heterocycles. The summed E-state index contributed by atoms with van der Waals surface area (Å²) in [6, 6.07) is 0.0778. The first-order valence-electron chi connectivity index (χ1n) is 15.4. The van der Waals surface area contributed by atoms with E-state index in [9.17, 15) is 28.2 Å². The highest BCUT2D eigenvalue weighted by Gasteiger charge is 2.45. The lowest BCUT2D eigenvalue weighted by molar-refractivity contribution is -0.119. The molecule has 3 aliphatic rings. The molecule has 3 amide bonds. The molecule has 0 saturated carbocycles. The summed E-state index contributed by atoms with van der Waals surface area (Å²) in [5.74, 6) is -0.0864. The van der Waals surface area contributed by atoms with Crippen LogP contribution in [0.1, 0.15) is 59.1 Å². The largest absolute Gasteiger partial charge is 0.388 e. The number of hydrogen-bond acceptors (Lipinski definition) is 13. The summed E-state index contributed by atoms with van der Waals surface area (Å²) in [4.78, 5) is 38.1. The van der Waals surface area contributed by atoms with Crippen LogP contribution < -0.4 is 21.1 Å². The molecule has 5 heterocycles. The van der Waals surface area contributed by atoms with Crippen molar-refractivity contribution in [1.29, 1.82) is 0 Å². The van der Waals surface area contributed by atoms with Gasteiger partial charge in [-0.05, 0) is 38.9 Å². The number of aliphatic hydroxyl groups is 2. The average molecular weight is 672 g/mol. The fourth-order valence-electron chi connectivity index (χ4n) is 5.75. The number of ether oxygens (including phenoxy) is 1. The highest BCUT2D eigenvalue weighted by atomic mass is 32.2. The van der Waals surface area contributed by atoms with Gasteiger partial charge in [-0.3, -0.25) is 14.1 Å². The Hall–Kier alpha value is -2.77. The second-order valence-corrected chi connectivity index (χ2v) is 14.4. The van der Waals surface area contributed by atoms with Crippen LogP contribution in [0.15, 0.2) is 12.7 Å². The Morgan fingerprint density at radius 2 is 1.87 bits per heavy atom. The first-order valence-corrected chi connectivity index (χ1v) is 18.1. The van der Waals surface area contributed by atoms with Crippen molar-refractivity contribution in [3.05, 3.63) is 12.7 Å². The molecular weight excluding hydrogens is 626 g/mol. The number of fused-ring (bicyclic) bond motifs is 2. The minimum atomic E-state index is -3.98. The number of unbranched alkanes of at least 4 members (excludes halogenated alkanes) is 1. The van der Waals surface area contributed by atoms with E-state index in [1.807, 2.05) is 0 Å². The number of carbonyl (C=O) groups excluding carboxylic acids is 2. The van der Waals surface area contributed by atoms with Gasteiger partial charge in [0.1, 0.15) is 24.1 Å². The second-order valence-electron chi connectivity index (χ2n) is 11.2. The standard InChI is InChI=1S/C21H30N8O7S2.C6H15N/c22-18-15-19(24-8-23-18)29(9-25-15)20-17(32)16(31)11(36-20)5-6-38(34,35)28-13(30)4-2-1-3-12-14-10(7-37-12)26-21(33)27-14;1-4-7(5-2)6-3/h8-12,14,16-17,20,31-32H,1-7H2,(H,28,30)(H2,22,23,24)(H2,26,27,33);4-6H2,1-3H3/t10?,11?,12?,14?,16-,17-,20-;/m1./s1. The molecule has 252 valence electrons. The Balaban J connectivity index is 0.000000591. The van der Waals surface area contributed by atoms with Gasteiger partial charge >= 0.3 is 6.03 Å². The van der Waals surface area contributed by atoms with E-state index in [2.05, 4.69) is 56.0 Å². The second kappa shape index (κ2) is 15.7. The van der Waals surface area contributed by atoms with Crippen LogP contribution in [0.5, 0.6) is 0 Å². The van der Waals surface area contributed by atoms with E-state index in [1.165, 1.54) is 36.9 Å². The number of imidazole rings is 1. The van der Waals surface area contributed by atoms with Crippen molar-refractivity contribution < 1.29 is 33.0 Å². The minimum absolute atomic E-state index is 0.0529. The van der Waals surface area contributed by atoms with Crippen LogP contribution in [0, 0.1) is 0 Å². The van der Waals surface area contributed by atoms with E-state index >= 15 is 0 Å². The summed E-state index contributed by atoms with van der Waals surface area (Å²) in [5, 5.41) is 27.1. The van der Waals surface area contributed by atoms with Crippen LogP contribution in [0.4, 0.5) is 10.6 Å². The third-order valence-electron chi connectivity index (χ3n) is 8.36. The van der Waals surface area contributed by atoms with Crippen LogP contribution >= 0.6 is 11.8 Å².